The molecule has 3 aliphatic rings. The topological polar surface area (TPSA) is 76.3 Å². The van der Waals surface area contributed by atoms with Crippen LogP contribution in [0.15, 0.2) is 6.07 Å². The summed E-state index contributed by atoms with van der Waals surface area (Å²) in [5, 5.41) is 3.33. The van der Waals surface area contributed by atoms with Gasteiger partial charge < -0.3 is 20.7 Å². The standard InChI is InChI=1S/C17H27N5O/c1-19-13-4-5-22(9-13)16-8-14(20-17(18)21-16)10-23-15-7-11-2-3-12(15)6-11/h8,11-13,15,19H,2-7,9-10H2,1H3,(H2,18,20,21)/t11-,12-,13+,15+/m0/s1. The first kappa shape index (κ1) is 15.1. The molecule has 126 valence electrons. The quantitative estimate of drug-likeness (QED) is 0.858. The van der Waals surface area contributed by atoms with Crippen molar-refractivity contribution in [3.8, 4) is 0 Å². The van der Waals surface area contributed by atoms with Crippen molar-refractivity contribution in [2.75, 3.05) is 30.8 Å². The van der Waals surface area contributed by atoms with Gasteiger partial charge in [0.05, 0.1) is 18.4 Å². The molecule has 0 amide bonds. The number of hydrogen-bond acceptors (Lipinski definition) is 6. The number of nitrogen functional groups attached to an aromatic ring is 1. The van der Waals surface area contributed by atoms with E-state index in [1.807, 2.05) is 13.1 Å². The summed E-state index contributed by atoms with van der Waals surface area (Å²) in [6.45, 7) is 2.53. The van der Waals surface area contributed by atoms with E-state index in [-0.39, 0.29) is 0 Å². The Kier molecular flexibility index (Phi) is 4.11. The summed E-state index contributed by atoms with van der Waals surface area (Å²) in [5.41, 5.74) is 6.82. The van der Waals surface area contributed by atoms with Crippen LogP contribution in [-0.4, -0.2) is 42.3 Å². The fraction of sp³-hybridized carbons (Fsp3) is 0.765. The first-order chi connectivity index (χ1) is 11.2. The molecule has 2 heterocycles. The highest BCUT2D eigenvalue weighted by atomic mass is 16.5. The van der Waals surface area contributed by atoms with Crippen LogP contribution in [0.4, 0.5) is 11.8 Å². The molecule has 4 atom stereocenters. The SMILES string of the molecule is CN[C@@H]1CCN(c2cc(CO[C@@H]3C[C@H]4CC[C@H]3C4)nc(N)n2)C1. The highest BCUT2D eigenvalue weighted by Crippen LogP contribution is 2.46. The number of nitrogens with zero attached hydrogens (tertiary/aromatic N) is 3. The Labute approximate surface area is 137 Å². The van der Waals surface area contributed by atoms with E-state index in [0.29, 0.717) is 24.7 Å². The predicted octanol–water partition coefficient (Wildman–Crippen LogP) is 1.56. The van der Waals surface area contributed by atoms with Gasteiger partial charge in [0.2, 0.25) is 5.95 Å². The molecule has 2 bridgehead atoms. The van der Waals surface area contributed by atoms with Gasteiger partial charge in [0.15, 0.2) is 0 Å². The maximum Gasteiger partial charge on any atom is 0.222 e. The Hall–Kier alpha value is -1.40. The van der Waals surface area contributed by atoms with Crippen molar-refractivity contribution in [3.63, 3.8) is 0 Å². The minimum Gasteiger partial charge on any atom is -0.372 e. The molecule has 0 aromatic carbocycles. The van der Waals surface area contributed by atoms with Crippen LogP contribution < -0.4 is 16.0 Å². The summed E-state index contributed by atoms with van der Waals surface area (Å²) in [6.07, 6.45) is 6.89. The average Bonchev–Trinajstić information content (AvgIpc) is 3.28. The van der Waals surface area contributed by atoms with E-state index in [2.05, 4.69) is 20.2 Å². The molecule has 1 aromatic rings. The third-order valence-electron chi connectivity index (χ3n) is 5.82. The molecule has 1 saturated heterocycles. The van der Waals surface area contributed by atoms with Gasteiger partial charge in [0, 0.05) is 25.2 Å². The summed E-state index contributed by atoms with van der Waals surface area (Å²) in [6, 6.07) is 2.57. The molecule has 0 radical (unpaired) electrons. The second-order valence-electron chi connectivity index (χ2n) is 7.32. The highest BCUT2D eigenvalue weighted by Gasteiger charge is 2.40. The summed E-state index contributed by atoms with van der Waals surface area (Å²) >= 11 is 0. The second-order valence-corrected chi connectivity index (χ2v) is 7.32. The number of hydrogen-bond donors (Lipinski definition) is 2. The van der Waals surface area contributed by atoms with Crippen molar-refractivity contribution in [1.29, 1.82) is 0 Å². The zero-order chi connectivity index (χ0) is 15.8. The summed E-state index contributed by atoms with van der Waals surface area (Å²) in [7, 11) is 2.01. The van der Waals surface area contributed by atoms with E-state index < -0.39 is 0 Å². The number of rotatable bonds is 5. The van der Waals surface area contributed by atoms with E-state index >= 15 is 0 Å². The van der Waals surface area contributed by atoms with Crippen molar-refractivity contribution in [1.82, 2.24) is 15.3 Å². The van der Waals surface area contributed by atoms with Crippen LogP contribution in [0.1, 0.15) is 37.8 Å². The van der Waals surface area contributed by atoms with Crippen LogP contribution in [0.2, 0.25) is 0 Å². The van der Waals surface area contributed by atoms with Crippen molar-refractivity contribution in [2.24, 2.45) is 11.8 Å². The van der Waals surface area contributed by atoms with Crippen LogP contribution in [0.3, 0.4) is 0 Å². The first-order valence-corrected chi connectivity index (χ1v) is 8.88. The van der Waals surface area contributed by atoms with Gasteiger partial charge in [-0.25, -0.2) is 4.98 Å². The molecule has 1 aliphatic heterocycles. The predicted molar refractivity (Wildman–Crippen MR) is 90.1 cm³/mol. The Morgan fingerprint density at radius 1 is 1.30 bits per heavy atom. The Morgan fingerprint density at radius 2 is 2.22 bits per heavy atom. The zero-order valence-corrected chi connectivity index (χ0v) is 13.9. The van der Waals surface area contributed by atoms with Crippen molar-refractivity contribution < 1.29 is 4.74 Å². The number of nitrogens with two attached hydrogens (primary N) is 1. The lowest BCUT2D eigenvalue weighted by Gasteiger charge is -2.22. The minimum atomic E-state index is 0.349. The zero-order valence-electron chi connectivity index (χ0n) is 13.9. The summed E-state index contributed by atoms with van der Waals surface area (Å²) in [5.74, 6) is 2.96. The molecule has 3 N–H and O–H groups in total. The van der Waals surface area contributed by atoms with E-state index in [0.717, 1.165) is 42.9 Å². The number of anilines is 2. The van der Waals surface area contributed by atoms with Gasteiger partial charge in [-0.15, -0.1) is 0 Å². The van der Waals surface area contributed by atoms with Gasteiger partial charge in [-0.1, -0.05) is 0 Å². The number of nitrogens with one attached hydrogen (secondary N) is 1. The third-order valence-corrected chi connectivity index (χ3v) is 5.82. The van der Waals surface area contributed by atoms with Crippen LogP contribution in [-0.2, 0) is 11.3 Å². The molecule has 4 rings (SSSR count). The molecule has 0 spiro atoms. The molecular weight excluding hydrogens is 290 g/mol. The van der Waals surface area contributed by atoms with Gasteiger partial charge in [-0.2, -0.15) is 4.98 Å². The van der Waals surface area contributed by atoms with Gasteiger partial charge in [0.1, 0.15) is 5.82 Å². The molecule has 6 nitrogen and oxygen atoms in total. The molecule has 2 aliphatic carbocycles. The van der Waals surface area contributed by atoms with E-state index in [9.17, 15) is 0 Å². The lowest BCUT2D eigenvalue weighted by molar-refractivity contribution is 0.00371. The largest absolute Gasteiger partial charge is 0.372 e. The lowest BCUT2D eigenvalue weighted by Crippen LogP contribution is -2.30. The van der Waals surface area contributed by atoms with E-state index in [1.54, 1.807) is 0 Å². The third kappa shape index (κ3) is 3.15. The van der Waals surface area contributed by atoms with Crippen LogP contribution in [0, 0.1) is 11.8 Å². The fourth-order valence-corrected chi connectivity index (χ4v) is 4.53. The van der Waals surface area contributed by atoms with Crippen molar-refractivity contribution in [2.45, 2.75) is 50.9 Å². The molecular formula is C17H27N5O. The van der Waals surface area contributed by atoms with E-state index in [4.69, 9.17) is 10.5 Å². The highest BCUT2D eigenvalue weighted by molar-refractivity contribution is 5.44. The van der Waals surface area contributed by atoms with Crippen molar-refractivity contribution >= 4 is 11.8 Å². The Morgan fingerprint density at radius 3 is 2.91 bits per heavy atom. The summed E-state index contributed by atoms with van der Waals surface area (Å²) < 4.78 is 6.16. The summed E-state index contributed by atoms with van der Waals surface area (Å²) in [4.78, 5) is 11.1. The van der Waals surface area contributed by atoms with Gasteiger partial charge >= 0.3 is 0 Å². The number of likely N-dealkylation sites (N-methyl/N-ethyl adjacent to an activating group) is 1. The van der Waals surface area contributed by atoms with Gasteiger partial charge in [-0.05, 0) is 51.0 Å². The molecule has 0 unspecified atom stereocenters. The molecule has 6 heteroatoms. The molecule has 1 aromatic heterocycles. The number of fused-ring (bicyclic) bond motifs is 2. The number of aromatic nitrogens is 2. The van der Waals surface area contributed by atoms with Crippen molar-refractivity contribution in [3.05, 3.63) is 11.8 Å². The Bertz CT molecular complexity index is 566. The fourth-order valence-electron chi connectivity index (χ4n) is 4.53. The maximum atomic E-state index is 6.16. The van der Waals surface area contributed by atoms with Gasteiger partial charge in [0.25, 0.3) is 0 Å². The molecule has 23 heavy (non-hydrogen) atoms. The Balaban J connectivity index is 1.40. The molecule has 2 saturated carbocycles. The normalized spacial score (nSPS) is 32.8. The smallest absolute Gasteiger partial charge is 0.222 e. The lowest BCUT2D eigenvalue weighted by atomic mass is 9.98. The minimum absolute atomic E-state index is 0.349. The van der Waals surface area contributed by atoms with Crippen LogP contribution >= 0.6 is 0 Å². The van der Waals surface area contributed by atoms with Crippen LogP contribution in [0.5, 0.6) is 0 Å². The van der Waals surface area contributed by atoms with Crippen LogP contribution in [0.25, 0.3) is 0 Å². The van der Waals surface area contributed by atoms with E-state index in [1.165, 1.54) is 25.7 Å². The maximum absolute atomic E-state index is 6.16. The first-order valence-electron chi connectivity index (χ1n) is 8.88. The average molecular weight is 317 g/mol. The van der Waals surface area contributed by atoms with Gasteiger partial charge in [-0.3, -0.25) is 0 Å². The second kappa shape index (κ2) is 6.24. The number of ether oxygens (including phenoxy) is 1. The monoisotopic (exact) mass is 317 g/mol. The molecule has 3 fully saturated rings.